The van der Waals surface area contributed by atoms with Crippen molar-refractivity contribution in [3.63, 3.8) is 0 Å². The Bertz CT molecular complexity index is 644. The first kappa shape index (κ1) is 14.2. The van der Waals surface area contributed by atoms with Crippen molar-refractivity contribution < 1.29 is 14.3 Å². The highest BCUT2D eigenvalue weighted by atomic mass is 32.2. The molecular weight excluding hydrogens is 279 g/mol. The minimum Gasteiger partial charge on any atom is -0.478 e. The van der Waals surface area contributed by atoms with Crippen molar-refractivity contribution in [2.24, 2.45) is 0 Å². The van der Waals surface area contributed by atoms with Gasteiger partial charge in [0.2, 0.25) is 0 Å². The molecule has 2 aromatic rings. The molecule has 2 aromatic carbocycles. The molecule has 2 rings (SSSR count). The minimum atomic E-state index is -1.19. The van der Waals surface area contributed by atoms with E-state index in [4.69, 9.17) is 10.8 Å². The number of carbonyl (C=O) groups is 1. The van der Waals surface area contributed by atoms with Crippen LogP contribution in [0.1, 0.15) is 10.4 Å². The number of thioether (sulfide) groups is 1. The van der Waals surface area contributed by atoms with Crippen molar-refractivity contribution >= 4 is 34.8 Å². The lowest BCUT2D eigenvalue weighted by molar-refractivity contribution is 0.0698. The average molecular weight is 292 g/mol. The molecule has 104 valence electrons. The Hall–Kier alpha value is -2.21. The largest absolute Gasteiger partial charge is 0.478 e. The maximum atomic E-state index is 13.8. The van der Waals surface area contributed by atoms with Crippen molar-refractivity contribution in [3.8, 4) is 0 Å². The van der Waals surface area contributed by atoms with Gasteiger partial charge in [0, 0.05) is 16.3 Å². The maximum absolute atomic E-state index is 13.8. The number of hydrogen-bond donors (Lipinski definition) is 3. The molecule has 0 aromatic heterocycles. The summed E-state index contributed by atoms with van der Waals surface area (Å²) in [6.45, 7) is 0. The highest BCUT2D eigenvalue weighted by Crippen LogP contribution is 2.26. The monoisotopic (exact) mass is 292 g/mol. The molecule has 0 fully saturated rings. The van der Waals surface area contributed by atoms with E-state index >= 15 is 0 Å². The predicted octanol–water partition coefficient (Wildman–Crippen LogP) is 3.57. The summed E-state index contributed by atoms with van der Waals surface area (Å²) in [5, 5.41) is 11.8. The third-order valence-corrected chi connectivity index (χ3v) is 3.48. The molecule has 0 heterocycles. The van der Waals surface area contributed by atoms with Gasteiger partial charge in [-0.25, -0.2) is 9.18 Å². The van der Waals surface area contributed by atoms with E-state index in [0.29, 0.717) is 5.69 Å². The fourth-order valence-electron chi connectivity index (χ4n) is 1.70. The fraction of sp³-hybridized carbons (Fsp3) is 0.0714. The van der Waals surface area contributed by atoms with E-state index < -0.39 is 11.8 Å². The zero-order chi connectivity index (χ0) is 14.7. The van der Waals surface area contributed by atoms with E-state index in [1.807, 2.05) is 18.4 Å². The van der Waals surface area contributed by atoms with Gasteiger partial charge in [0.05, 0.1) is 11.3 Å². The number of benzene rings is 2. The Balaban J connectivity index is 2.32. The smallest absolute Gasteiger partial charge is 0.337 e. The number of carboxylic acid groups (broad SMARTS) is 1. The highest BCUT2D eigenvalue weighted by Gasteiger charge is 2.13. The molecule has 4 N–H and O–H groups in total. The molecule has 0 spiro atoms. The molecule has 0 aliphatic rings. The standard InChI is InChI=1S/C14H13FN2O2S/c1-20-9-4-2-8(3-5-9)17-13-6-10(14(18)19)12(16)7-11(13)15/h2-7,17H,16H2,1H3,(H,18,19). The van der Waals surface area contributed by atoms with Gasteiger partial charge in [0.25, 0.3) is 0 Å². The van der Waals surface area contributed by atoms with Crippen LogP contribution in [0, 0.1) is 5.82 Å². The van der Waals surface area contributed by atoms with Gasteiger partial charge in [-0.05, 0) is 42.7 Å². The maximum Gasteiger partial charge on any atom is 0.337 e. The number of nitrogens with one attached hydrogen (secondary N) is 1. The number of nitrogens with two attached hydrogens (primary N) is 1. The number of nitrogen functional groups attached to an aromatic ring is 1. The van der Waals surface area contributed by atoms with Gasteiger partial charge >= 0.3 is 5.97 Å². The summed E-state index contributed by atoms with van der Waals surface area (Å²) in [5.74, 6) is -1.79. The summed E-state index contributed by atoms with van der Waals surface area (Å²) in [5.41, 5.74) is 5.99. The van der Waals surface area contributed by atoms with Crippen LogP contribution in [-0.2, 0) is 0 Å². The van der Waals surface area contributed by atoms with E-state index in [2.05, 4.69) is 5.32 Å². The number of halogens is 1. The van der Waals surface area contributed by atoms with Crippen molar-refractivity contribution in [2.45, 2.75) is 4.90 Å². The van der Waals surface area contributed by atoms with Crippen LogP contribution >= 0.6 is 11.8 Å². The van der Waals surface area contributed by atoms with Crippen molar-refractivity contribution in [1.82, 2.24) is 0 Å². The van der Waals surface area contributed by atoms with Crippen LogP contribution in [0.15, 0.2) is 41.3 Å². The third-order valence-electron chi connectivity index (χ3n) is 2.74. The quantitative estimate of drug-likeness (QED) is 0.593. The molecule has 0 amide bonds. The zero-order valence-corrected chi connectivity index (χ0v) is 11.5. The van der Waals surface area contributed by atoms with Crippen LogP contribution in [0.3, 0.4) is 0 Å². The zero-order valence-electron chi connectivity index (χ0n) is 10.7. The normalized spacial score (nSPS) is 10.3. The molecule has 0 saturated heterocycles. The Labute approximate surface area is 119 Å². The summed E-state index contributed by atoms with van der Waals surface area (Å²) < 4.78 is 13.8. The molecule has 0 bridgehead atoms. The summed E-state index contributed by atoms with van der Waals surface area (Å²) >= 11 is 1.60. The number of rotatable bonds is 4. The second-order valence-electron chi connectivity index (χ2n) is 4.08. The van der Waals surface area contributed by atoms with Crippen molar-refractivity contribution in [1.29, 1.82) is 0 Å². The van der Waals surface area contributed by atoms with E-state index in [1.54, 1.807) is 23.9 Å². The molecule has 0 aliphatic carbocycles. The Morgan fingerprint density at radius 3 is 2.50 bits per heavy atom. The number of carboxylic acids is 1. The van der Waals surface area contributed by atoms with Gasteiger partial charge in [0.1, 0.15) is 5.82 Å². The van der Waals surface area contributed by atoms with Crippen LogP contribution in [0.5, 0.6) is 0 Å². The first-order chi connectivity index (χ1) is 9.51. The van der Waals surface area contributed by atoms with Crippen molar-refractivity contribution in [2.75, 3.05) is 17.3 Å². The summed E-state index contributed by atoms with van der Waals surface area (Å²) in [4.78, 5) is 12.1. The second-order valence-corrected chi connectivity index (χ2v) is 4.96. The lowest BCUT2D eigenvalue weighted by Gasteiger charge is -2.10. The van der Waals surface area contributed by atoms with Gasteiger partial charge < -0.3 is 16.2 Å². The first-order valence-electron chi connectivity index (χ1n) is 5.74. The van der Waals surface area contributed by atoms with Gasteiger partial charge in [-0.3, -0.25) is 0 Å². The van der Waals surface area contributed by atoms with Crippen LogP contribution < -0.4 is 11.1 Å². The Morgan fingerprint density at radius 1 is 1.30 bits per heavy atom. The highest BCUT2D eigenvalue weighted by molar-refractivity contribution is 7.98. The van der Waals surface area contributed by atoms with Crippen LogP contribution in [0.25, 0.3) is 0 Å². The number of aromatic carboxylic acids is 1. The molecule has 0 atom stereocenters. The van der Waals surface area contributed by atoms with E-state index in [9.17, 15) is 9.18 Å². The van der Waals surface area contributed by atoms with Crippen LogP contribution in [-0.4, -0.2) is 17.3 Å². The first-order valence-corrected chi connectivity index (χ1v) is 6.97. The fourth-order valence-corrected chi connectivity index (χ4v) is 2.11. The second kappa shape index (κ2) is 5.83. The molecule has 0 aliphatic heterocycles. The lowest BCUT2D eigenvalue weighted by Crippen LogP contribution is -2.05. The third kappa shape index (κ3) is 3.03. The molecule has 0 unspecified atom stereocenters. The molecule has 0 saturated carbocycles. The van der Waals surface area contributed by atoms with Gasteiger partial charge in [-0.15, -0.1) is 11.8 Å². The molecule has 20 heavy (non-hydrogen) atoms. The van der Waals surface area contributed by atoms with Crippen molar-refractivity contribution in [3.05, 3.63) is 47.8 Å². The Morgan fingerprint density at radius 2 is 1.95 bits per heavy atom. The minimum absolute atomic E-state index is 0.0773. The van der Waals surface area contributed by atoms with E-state index in [-0.39, 0.29) is 16.9 Å². The molecule has 4 nitrogen and oxygen atoms in total. The topological polar surface area (TPSA) is 75.3 Å². The van der Waals surface area contributed by atoms with E-state index in [0.717, 1.165) is 11.0 Å². The Kier molecular flexibility index (Phi) is 4.14. The molecular formula is C14H13FN2O2S. The summed E-state index contributed by atoms with van der Waals surface area (Å²) in [7, 11) is 0. The number of hydrogen-bond acceptors (Lipinski definition) is 4. The van der Waals surface area contributed by atoms with E-state index in [1.165, 1.54) is 6.07 Å². The van der Waals surface area contributed by atoms with Gasteiger partial charge in [-0.1, -0.05) is 0 Å². The average Bonchev–Trinajstić information content (AvgIpc) is 2.42. The summed E-state index contributed by atoms with van der Waals surface area (Å²) in [6, 6.07) is 9.56. The lowest BCUT2D eigenvalue weighted by atomic mass is 10.1. The SMILES string of the molecule is CSc1ccc(Nc2cc(C(=O)O)c(N)cc2F)cc1. The summed E-state index contributed by atoms with van der Waals surface area (Å²) in [6.07, 6.45) is 1.96. The van der Waals surface area contributed by atoms with Gasteiger partial charge in [0.15, 0.2) is 0 Å². The number of anilines is 3. The molecule has 0 radical (unpaired) electrons. The predicted molar refractivity (Wildman–Crippen MR) is 79.3 cm³/mol. The van der Waals surface area contributed by atoms with Crippen LogP contribution in [0.4, 0.5) is 21.5 Å². The van der Waals surface area contributed by atoms with Gasteiger partial charge in [-0.2, -0.15) is 0 Å². The van der Waals surface area contributed by atoms with Crippen LogP contribution in [0.2, 0.25) is 0 Å². The molecule has 6 heteroatoms.